The molecule has 0 aliphatic carbocycles. The molecule has 3 aromatic rings. The lowest BCUT2D eigenvalue weighted by molar-refractivity contribution is 0.0950. The van der Waals surface area contributed by atoms with E-state index in [-0.39, 0.29) is 12.5 Å². The Morgan fingerprint density at radius 2 is 1.84 bits per heavy atom. The number of hydrogen-bond acceptors (Lipinski definition) is 4. The molecule has 0 fully saturated rings. The van der Waals surface area contributed by atoms with Crippen molar-refractivity contribution in [2.45, 2.75) is 6.61 Å². The van der Waals surface area contributed by atoms with Crippen LogP contribution in [0.15, 0.2) is 89.0 Å². The highest BCUT2D eigenvalue weighted by atomic mass is 79.9. The Hall–Kier alpha value is -3.09. The van der Waals surface area contributed by atoms with Crippen molar-refractivity contribution in [1.82, 2.24) is 5.43 Å². The van der Waals surface area contributed by atoms with Crippen LogP contribution in [0.25, 0.3) is 0 Å². The van der Waals surface area contributed by atoms with E-state index in [2.05, 4.69) is 33.0 Å². The zero-order chi connectivity index (χ0) is 22.1. The van der Waals surface area contributed by atoms with Gasteiger partial charge in [0.15, 0.2) is 0 Å². The van der Waals surface area contributed by atoms with Crippen molar-refractivity contribution >= 4 is 39.7 Å². The van der Waals surface area contributed by atoms with Gasteiger partial charge < -0.3 is 9.47 Å². The minimum atomic E-state index is -0.379. The summed E-state index contributed by atoms with van der Waals surface area (Å²) >= 11 is 9.62. The first kappa shape index (κ1) is 22.6. The van der Waals surface area contributed by atoms with E-state index in [0.29, 0.717) is 28.7 Å². The zero-order valence-corrected chi connectivity index (χ0v) is 18.9. The third-order valence-electron chi connectivity index (χ3n) is 4.17. The fraction of sp³-hybridized carbons (Fsp3) is 0.0833. The van der Waals surface area contributed by atoms with E-state index in [1.807, 2.05) is 36.4 Å². The van der Waals surface area contributed by atoms with Gasteiger partial charge in [-0.25, -0.2) is 5.43 Å². The van der Waals surface area contributed by atoms with E-state index >= 15 is 0 Å². The van der Waals surface area contributed by atoms with Crippen LogP contribution in [0.1, 0.15) is 21.5 Å². The number of amides is 1. The van der Waals surface area contributed by atoms with Crippen molar-refractivity contribution in [1.29, 1.82) is 0 Å². The highest BCUT2D eigenvalue weighted by Crippen LogP contribution is 2.25. The van der Waals surface area contributed by atoms with Crippen molar-refractivity contribution in [3.8, 4) is 11.5 Å². The molecule has 0 radical (unpaired) electrons. The number of nitrogens with one attached hydrogen (secondary N) is 1. The Morgan fingerprint density at radius 3 is 2.61 bits per heavy atom. The Bertz CT molecular complexity index is 1100. The zero-order valence-electron chi connectivity index (χ0n) is 16.6. The highest BCUT2D eigenvalue weighted by molar-refractivity contribution is 9.10. The van der Waals surface area contributed by atoms with Gasteiger partial charge in [-0.15, -0.1) is 0 Å². The van der Waals surface area contributed by atoms with Crippen LogP contribution in [0.2, 0.25) is 5.02 Å². The van der Waals surface area contributed by atoms with E-state index in [4.69, 9.17) is 21.1 Å². The predicted octanol–water partition coefficient (Wildman–Crippen LogP) is 6.01. The lowest BCUT2D eigenvalue weighted by atomic mass is 10.2. The molecule has 3 rings (SSSR count). The quantitative estimate of drug-likeness (QED) is 0.223. The molecule has 158 valence electrons. The monoisotopic (exact) mass is 498 g/mol. The number of carbonyl (C=O) groups excluding carboxylic acids is 1. The molecular formula is C24H20BrClN2O3. The van der Waals surface area contributed by atoms with Crippen molar-refractivity contribution in [3.63, 3.8) is 0 Å². The Kier molecular flexibility index (Phi) is 8.27. The molecule has 0 aliphatic heterocycles. The van der Waals surface area contributed by atoms with Gasteiger partial charge in [0.25, 0.3) is 5.91 Å². The van der Waals surface area contributed by atoms with E-state index in [1.165, 1.54) is 0 Å². The summed E-state index contributed by atoms with van der Waals surface area (Å²) in [6, 6.07) is 19.9. The lowest BCUT2D eigenvalue weighted by Gasteiger charge is -2.11. The van der Waals surface area contributed by atoms with Gasteiger partial charge in [0, 0.05) is 10.6 Å². The number of benzene rings is 3. The number of ether oxygens (including phenoxy) is 2. The summed E-state index contributed by atoms with van der Waals surface area (Å²) in [5.41, 5.74) is 4.54. The molecule has 0 saturated carbocycles. The number of hydrogen-bond donors (Lipinski definition) is 1. The molecule has 31 heavy (non-hydrogen) atoms. The molecule has 1 N–H and O–H groups in total. The average Bonchev–Trinajstić information content (AvgIpc) is 2.78. The summed E-state index contributed by atoms with van der Waals surface area (Å²) in [4.78, 5) is 12.6. The van der Waals surface area contributed by atoms with Gasteiger partial charge in [-0.05, 0) is 57.9 Å². The van der Waals surface area contributed by atoms with Crippen molar-refractivity contribution in [2.24, 2.45) is 5.10 Å². The summed E-state index contributed by atoms with van der Waals surface area (Å²) in [6.07, 6.45) is 3.22. The van der Waals surface area contributed by atoms with Gasteiger partial charge in [0.05, 0.1) is 16.3 Å². The third-order valence-corrected chi connectivity index (χ3v) is 5.15. The molecule has 5 nitrogen and oxygen atoms in total. The molecule has 3 aromatic carbocycles. The fourth-order valence-corrected chi connectivity index (χ4v) is 3.34. The molecule has 0 heterocycles. The lowest BCUT2D eigenvalue weighted by Crippen LogP contribution is -2.18. The maximum Gasteiger partial charge on any atom is 0.275 e. The number of rotatable bonds is 9. The van der Waals surface area contributed by atoms with E-state index < -0.39 is 0 Å². The molecule has 0 aromatic heterocycles. The summed E-state index contributed by atoms with van der Waals surface area (Å²) in [7, 11) is 0. The minimum absolute atomic E-state index is 0.252. The van der Waals surface area contributed by atoms with Crippen molar-refractivity contribution in [2.75, 3.05) is 6.61 Å². The normalized spacial score (nSPS) is 10.6. The predicted molar refractivity (Wildman–Crippen MR) is 127 cm³/mol. The van der Waals surface area contributed by atoms with Crippen molar-refractivity contribution < 1.29 is 14.3 Å². The van der Waals surface area contributed by atoms with Gasteiger partial charge in [0.2, 0.25) is 0 Å². The molecule has 0 spiro atoms. The highest BCUT2D eigenvalue weighted by Gasteiger charge is 2.12. The Labute approximate surface area is 194 Å². The Morgan fingerprint density at radius 1 is 1.06 bits per heavy atom. The molecule has 0 bridgehead atoms. The van der Waals surface area contributed by atoms with Crippen LogP contribution in [-0.2, 0) is 6.61 Å². The summed E-state index contributed by atoms with van der Waals surface area (Å²) in [5.74, 6) is 0.767. The van der Waals surface area contributed by atoms with Crippen LogP contribution in [-0.4, -0.2) is 18.7 Å². The van der Waals surface area contributed by atoms with E-state index in [1.54, 1.807) is 42.6 Å². The van der Waals surface area contributed by atoms with Gasteiger partial charge in [-0.2, -0.15) is 5.10 Å². The Balaban J connectivity index is 1.64. The maximum atomic E-state index is 12.6. The van der Waals surface area contributed by atoms with Crippen LogP contribution in [0.4, 0.5) is 0 Å². The standard InChI is InChI=1S/C24H20BrClN2O3/c1-2-13-30-23-12-11-17(14-20(23)25)15-27-28-24(29)19-8-4-6-10-22(19)31-16-18-7-3-5-9-21(18)26/h2-12,14-15H,1,13,16H2,(H,28,29)/b27-15+. The molecule has 0 aliphatic rings. The van der Waals surface area contributed by atoms with Gasteiger partial charge >= 0.3 is 0 Å². The summed E-state index contributed by atoms with van der Waals surface area (Å²) in [6.45, 7) is 4.29. The second-order valence-corrected chi connectivity index (χ2v) is 7.63. The number of hydrazone groups is 1. The topological polar surface area (TPSA) is 59.9 Å². The molecule has 0 unspecified atom stereocenters. The number of halogens is 2. The number of para-hydroxylation sites is 1. The first-order valence-corrected chi connectivity index (χ1v) is 10.6. The van der Waals surface area contributed by atoms with Crippen LogP contribution in [0, 0.1) is 0 Å². The van der Waals surface area contributed by atoms with E-state index in [9.17, 15) is 4.79 Å². The fourth-order valence-electron chi connectivity index (χ4n) is 2.64. The average molecular weight is 500 g/mol. The summed E-state index contributed by atoms with van der Waals surface area (Å²) < 4.78 is 12.1. The first-order chi connectivity index (χ1) is 15.1. The second-order valence-electron chi connectivity index (χ2n) is 6.36. The van der Waals surface area contributed by atoms with E-state index in [0.717, 1.165) is 15.6 Å². The van der Waals surface area contributed by atoms with Crippen LogP contribution in [0.5, 0.6) is 11.5 Å². The minimum Gasteiger partial charge on any atom is -0.488 e. The molecular weight excluding hydrogens is 480 g/mol. The SMILES string of the molecule is C=CCOc1ccc(/C=N/NC(=O)c2ccccc2OCc2ccccc2Cl)cc1Br. The van der Waals surface area contributed by atoms with Crippen LogP contribution < -0.4 is 14.9 Å². The van der Waals surface area contributed by atoms with Gasteiger partial charge in [-0.1, -0.05) is 54.6 Å². The van der Waals surface area contributed by atoms with Gasteiger partial charge in [-0.3, -0.25) is 4.79 Å². The third kappa shape index (κ3) is 6.44. The van der Waals surface area contributed by atoms with Gasteiger partial charge in [0.1, 0.15) is 24.7 Å². The van der Waals surface area contributed by atoms with Crippen LogP contribution in [0.3, 0.4) is 0 Å². The number of nitrogens with zero attached hydrogens (tertiary/aromatic N) is 1. The molecule has 0 saturated heterocycles. The van der Waals surface area contributed by atoms with Crippen LogP contribution >= 0.6 is 27.5 Å². The molecule has 7 heteroatoms. The second kappa shape index (κ2) is 11.3. The molecule has 0 atom stereocenters. The number of carbonyl (C=O) groups is 1. The smallest absolute Gasteiger partial charge is 0.275 e. The maximum absolute atomic E-state index is 12.6. The molecule has 1 amide bonds. The van der Waals surface area contributed by atoms with Crippen molar-refractivity contribution in [3.05, 3.63) is 106 Å². The summed E-state index contributed by atoms with van der Waals surface area (Å²) in [5, 5.41) is 4.66. The largest absolute Gasteiger partial charge is 0.488 e. The first-order valence-electron chi connectivity index (χ1n) is 9.40.